The average Bonchev–Trinajstić information content (AvgIpc) is 3.14. The van der Waals surface area contributed by atoms with Crippen LogP contribution in [0.3, 0.4) is 0 Å². The number of rotatable bonds is 5. The molecule has 1 aromatic heterocycles. The number of fused-ring (bicyclic) bond motifs is 1. The lowest BCUT2D eigenvalue weighted by Gasteiger charge is -2.23. The molecular weight excluding hydrogens is 418 g/mol. The van der Waals surface area contributed by atoms with Crippen LogP contribution >= 0.6 is 34.7 Å². The third-order valence-corrected chi connectivity index (χ3v) is 6.35. The molecule has 1 N–H and O–H groups in total. The zero-order valence-electron chi connectivity index (χ0n) is 14.4. The molecule has 0 saturated carbocycles. The van der Waals surface area contributed by atoms with Crippen LogP contribution in [0, 0.1) is 0 Å². The van der Waals surface area contributed by atoms with Crippen molar-refractivity contribution < 1.29 is 14.3 Å². The van der Waals surface area contributed by atoms with Crippen LogP contribution in [0.5, 0.6) is 0 Å². The molecule has 0 aliphatic carbocycles. The standard InChI is InChI=1S/C19H14ClN3O3S2/c20-13-6-7-14-12(8-13)9-15(26-17(14)25)16(24)21-18-22-23-19(28-18)27-10-11-4-2-1-3-5-11/h1-8,15H,9-10H2,(H,21,22,24). The third-order valence-electron chi connectivity index (χ3n) is 4.08. The van der Waals surface area contributed by atoms with E-state index in [9.17, 15) is 9.59 Å². The van der Waals surface area contributed by atoms with Gasteiger partial charge in [0, 0.05) is 17.2 Å². The second kappa shape index (κ2) is 8.30. The van der Waals surface area contributed by atoms with E-state index >= 15 is 0 Å². The van der Waals surface area contributed by atoms with Gasteiger partial charge in [-0.15, -0.1) is 10.2 Å². The summed E-state index contributed by atoms with van der Waals surface area (Å²) in [6.07, 6.45) is -0.662. The third kappa shape index (κ3) is 4.35. The molecule has 0 fully saturated rings. The van der Waals surface area contributed by atoms with Gasteiger partial charge in [-0.1, -0.05) is 65.0 Å². The van der Waals surface area contributed by atoms with Gasteiger partial charge in [-0.3, -0.25) is 10.1 Å². The Hall–Kier alpha value is -2.42. The van der Waals surface area contributed by atoms with Gasteiger partial charge in [0.1, 0.15) is 0 Å². The van der Waals surface area contributed by atoms with E-state index in [-0.39, 0.29) is 6.42 Å². The molecule has 9 heteroatoms. The Bertz CT molecular complexity index is 1030. The largest absolute Gasteiger partial charge is 0.448 e. The molecule has 0 radical (unpaired) electrons. The van der Waals surface area contributed by atoms with E-state index in [1.807, 2.05) is 30.3 Å². The van der Waals surface area contributed by atoms with Crippen LogP contribution in [0.15, 0.2) is 52.9 Å². The minimum atomic E-state index is -0.928. The lowest BCUT2D eigenvalue weighted by atomic mass is 9.98. The highest BCUT2D eigenvalue weighted by Crippen LogP contribution is 2.29. The van der Waals surface area contributed by atoms with Crippen molar-refractivity contribution in [2.24, 2.45) is 0 Å². The van der Waals surface area contributed by atoms with E-state index in [1.165, 1.54) is 16.9 Å². The molecule has 28 heavy (non-hydrogen) atoms. The van der Waals surface area contributed by atoms with Crippen LogP contribution in [0.4, 0.5) is 5.13 Å². The van der Waals surface area contributed by atoms with Crippen molar-refractivity contribution in [3.05, 3.63) is 70.2 Å². The van der Waals surface area contributed by atoms with Crippen LogP contribution in [0.1, 0.15) is 21.5 Å². The second-order valence-electron chi connectivity index (χ2n) is 6.04. The second-order valence-corrected chi connectivity index (χ2v) is 8.67. The number of benzene rings is 2. The lowest BCUT2D eigenvalue weighted by Crippen LogP contribution is -2.38. The first kappa shape index (κ1) is 18.9. The summed E-state index contributed by atoms with van der Waals surface area (Å²) < 4.78 is 6.00. The molecule has 1 aliphatic heterocycles. The Morgan fingerprint density at radius 2 is 2.07 bits per heavy atom. The molecule has 0 bridgehead atoms. The highest BCUT2D eigenvalue weighted by atomic mass is 35.5. The van der Waals surface area contributed by atoms with Gasteiger partial charge in [-0.25, -0.2) is 4.79 Å². The van der Waals surface area contributed by atoms with Gasteiger partial charge in [0.2, 0.25) is 5.13 Å². The smallest absolute Gasteiger partial charge is 0.339 e. The Morgan fingerprint density at radius 1 is 1.25 bits per heavy atom. The van der Waals surface area contributed by atoms with Crippen molar-refractivity contribution in [1.29, 1.82) is 0 Å². The summed E-state index contributed by atoms with van der Waals surface area (Å²) in [5, 5.41) is 11.6. The average molecular weight is 432 g/mol. The quantitative estimate of drug-likeness (QED) is 0.370. The number of cyclic esters (lactones) is 1. The predicted octanol–water partition coefficient (Wildman–Crippen LogP) is 4.20. The zero-order chi connectivity index (χ0) is 19.5. The fourth-order valence-corrected chi connectivity index (χ4v) is 4.64. The summed E-state index contributed by atoms with van der Waals surface area (Å²) in [5.74, 6) is -0.203. The number of carbonyl (C=O) groups excluding carboxylic acids is 2. The molecular formula is C19H14ClN3O3S2. The van der Waals surface area contributed by atoms with E-state index in [1.54, 1.807) is 30.0 Å². The van der Waals surface area contributed by atoms with Crippen molar-refractivity contribution in [2.75, 3.05) is 5.32 Å². The fraction of sp³-hybridized carbons (Fsp3) is 0.158. The first-order chi connectivity index (χ1) is 13.6. The summed E-state index contributed by atoms with van der Waals surface area (Å²) in [5.41, 5.74) is 2.31. The van der Waals surface area contributed by atoms with E-state index in [0.717, 1.165) is 10.1 Å². The minimum absolute atomic E-state index is 0.266. The summed E-state index contributed by atoms with van der Waals surface area (Å²) in [6.45, 7) is 0. The molecule has 0 spiro atoms. The molecule has 1 unspecified atom stereocenters. The van der Waals surface area contributed by atoms with Crippen LogP contribution in [-0.2, 0) is 21.7 Å². The molecule has 4 rings (SSSR count). The number of aromatic nitrogens is 2. The predicted molar refractivity (Wildman–Crippen MR) is 109 cm³/mol. The van der Waals surface area contributed by atoms with Crippen LogP contribution in [0.2, 0.25) is 5.02 Å². The van der Waals surface area contributed by atoms with Gasteiger partial charge in [0.25, 0.3) is 5.91 Å². The van der Waals surface area contributed by atoms with E-state index in [2.05, 4.69) is 15.5 Å². The summed E-state index contributed by atoms with van der Waals surface area (Å²) in [7, 11) is 0. The van der Waals surface area contributed by atoms with Gasteiger partial charge >= 0.3 is 5.97 Å². The summed E-state index contributed by atoms with van der Waals surface area (Å²) >= 11 is 8.81. The zero-order valence-corrected chi connectivity index (χ0v) is 16.8. The lowest BCUT2D eigenvalue weighted by molar-refractivity contribution is -0.125. The van der Waals surface area contributed by atoms with Crippen molar-refractivity contribution >= 4 is 51.7 Å². The number of hydrogen-bond acceptors (Lipinski definition) is 7. The molecule has 6 nitrogen and oxygen atoms in total. The van der Waals surface area contributed by atoms with Gasteiger partial charge in [0.15, 0.2) is 10.4 Å². The number of anilines is 1. The Balaban J connectivity index is 1.38. The number of esters is 1. The molecule has 3 aromatic rings. The maximum absolute atomic E-state index is 12.5. The normalized spacial score (nSPS) is 15.6. The Kier molecular flexibility index (Phi) is 5.61. The van der Waals surface area contributed by atoms with Crippen molar-refractivity contribution in [1.82, 2.24) is 10.2 Å². The SMILES string of the molecule is O=C1OC(C(=O)Nc2nnc(SCc3ccccc3)s2)Cc2cc(Cl)ccc21. The van der Waals surface area contributed by atoms with E-state index < -0.39 is 18.0 Å². The Morgan fingerprint density at radius 3 is 2.89 bits per heavy atom. The summed E-state index contributed by atoms with van der Waals surface area (Å²) in [4.78, 5) is 24.6. The van der Waals surface area contributed by atoms with Gasteiger partial charge in [-0.2, -0.15) is 0 Å². The number of carbonyl (C=O) groups is 2. The monoisotopic (exact) mass is 431 g/mol. The number of nitrogens with zero attached hydrogens (tertiary/aromatic N) is 2. The highest BCUT2D eigenvalue weighted by molar-refractivity contribution is 8.00. The molecule has 0 saturated heterocycles. The maximum atomic E-state index is 12.5. The number of hydrogen-bond donors (Lipinski definition) is 1. The maximum Gasteiger partial charge on any atom is 0.339 e. The molecule has 142 valence electrons. The number of amides is 1. The summed E-state index contributed by atoms with van der Waals surface area (Å²) in [6, 6.07) is 14.9. The first-order valence-electron chi connectivity index (χ1n) is 8.39. The fourth-order valence-electron chi connectivity index (χ4n) is 2.73. The number of thioether (sulfide) groups is 1. The topological polar surface area (TPSA) is 81.2 Å². The van der Waals surface area contributed by atoms with E-state index in [0.29, 0.717) is 21.3 Å². The van der Waals surface area contributed by atoms with Crippen LogP contribution in [-0.4, -0.2) is 28.2 Å². The minimum Gasteiger partial charge on any atom is -0.448 e. The molecule has 1 aliphatic rings. The van der Waals surface area contributed by atoms with Crippen LogP contribution in [0.25, 0.3) is 0 Å². The van der Waals surface area contributed by atoms with Gasteiger partial charge in [-0.05, 0) is 29.3 Å². The highest BCUT2D eigenvalue weighted by Gasteiger charge is 2.32. The van der Waals surface area contributed by atoms with Crippen LogP contribution < -0.4 is 5.32 Å². The Labute approximate surface area is 174 Å². The molecule has 1 amide bonds. The first-order valence-corrected chi connectivity index (χ1v) is 10.6. The van der Waals surface area contributed by atoms with E-state index in [4.69, 9.17) is 16.3 Å². The van der Waals surface area contributed by atoms with Gasteiger partial charge < -0.3 is 4.74 Å². The molecule has 2 heterocycles. The molecule has 2 aromatic carbocycles. The number of halogens is 1. The van der Waals surface area contributed by atoms with Crippen molar-refractivity contribution in [2.45, 2.75) is 22.6 Å². The molecule has 1 atom stereocenters. The number of ether oxygens (including phenoxy) is 1. The van der Waals surface area contributed by atoms with Gasteiger partial charge in [0.05, 0.1) is 5.56 Å². The van der Waals surface area contributed by atoms with Crippen molar-refractivity contribution in [3.63, 3.8) is 0 Å². The van der Waals surface area contributed by atoms with Crippen molar-refractivity contribution in [3.8, 4) is 0 Å². The number of nitrogens with one attached hydrogen (secondary N) is 1.